The van der Waals surface area contributed by atoms with Gasteiger partial charge in [0.1, 0.15) is 13.2 Å². The van der Waals surface area contributed by atoms with Crippen LogP contribution < -0.4 is 0 Å². The van der Waals surface area contributed by atoms with Crippen molar-refractivity contribution in [1.29, 1.82) is 0 Å². The summed E-state index contributed by atoms with van der Waals surface area (Å²) in [6.45, 7) is 6.71. The van der Waals surface area contributed by atoms with E-state index in [1.54, 1.807) is 0 Å². The van der Waals surface area contributed by atoms with Crippen LogP contribution in [0, 0.1) is 0 Å². The Labute approximate surface area is 476 Å². The topological polar surface area (TPSA) is 78.9 Å². The largest absolute Gasteiger partial charge is 0.462 e. The molecule has 0 spiro atoms. The maximum atomic E-state index is 12.9. The Hall–Kier alpha value is -1.59. The molecule has 0 aliphatic carbocycles. The van der Waals surface area contributed by atoms with Gasteiger partial charge in [0, 0.05) is 19.3 Å². The molecule has 6 nitrogen and oxygen atoms in total. The first-order valence-electron chi connectivity index (χ1n) is 35.0. The van der Waals surface area contributed by atoms with E-state index in [-0.39, 0.29) is 31.1 Å². The van der Waals surface area contributed by atoms with Crippen molar-refractivity contribution in [3.8, 4) is 0 Å². The van der Waals surface area contributed by atoms with Gasteiger partial charge < -0.3 is 14.2 Å². The fourth-order valence-electron chi connectivity index (χ4n) is 11.1. The van der Waals surface area contributed by atoms with Gasteiger partial charge >= 0.3 is 17.9 Å². The molecule has 0 aromatic rings. The van der Waals surface area contributed by atoms with Crippen molar-refractivity contribution in [2.45, 2.75) is 419 Å². The van der Waals surface area contributed by atoms with Crippen LogP contribution in [0.25, 0.3) is 0 Å². The van der Waals surface area contributed by atoms with Gasteiger partial charge in [0.05, 0.1) is 0 Å². The molecular weight excluding hydrogens is 937 g/mol. The Morgan fingerprint density at radius 2 is 0.355 bits per heavy atom. The van der Waals surface area contributed by atoms with Gasteiger partial charge in [0.15, 0.2) is 6.10 Å². The molecule has 0 aromatic heterocycles. The third kappa shape index (κ3) is 63.2. The second-order valence-electron chi connectivity index (χ2n) is 24.2. The minimum atomic E-state index is -0.762. The Morgan fingerprint density at radius 1 is 0.211 bits per heavy atom. The van der Waals surface area contributed by atoms with Gasteiger partial charge in [-0.3, -0.25) is 14.4 Å². The van der Waals surface area contributed by atoms with Gasteiger partial charge in [-0.05, 0) is 19.3 Å². The maximum absolute atomic E-state index is 12.9. The molecule has 76 heavy (non-hydrogen) atoms. The summed E-state index contributed by atoms with van der Waals surface area (Å²) in [7, 11) is 0. The van der Waals surface area contributed by atoms with E-state index in [0.29, 0.717) is 19.3 Å². The van der Waals surface area contributed by atoms with E-state index in [1.165, 1.54) is 315 Å². The van der Waals surface area contributed by atoms with Crippen LogP contribution >= 0.6 is 0 Å². The van der Waals surface area contributed by atoms with E-state index in [2.05, 4.69) is 20.8 Å². The molecule has 0 fully saturated rings. The number of carbonyl (C=O) groups is 3. The lowest BCUT2D eigenvalue weighted by Gasteiger charge is -2.18. The molecule has 0 rings (SSSR count). The molecule has 1 unspecified atom stereocenters. The smallest absolute Gasteiger partial charge is 0.306 e. The standard InChI is InChI=1S/C70H136O6/c1-4-7-10-13-16-19-22-24-26-27-28-29-30-31-32-33-34-35-36-37-38-39-40-41-42-43-45-46-48-51-54-57-60-63-69(72)75-66-67(65-74-68(71)62-59-56-53-50-21-18-15-12-9-6-3)76-70(73)64-61-58-55-52-49-47-44-25-23-20-17-14-11-8-5-2/h67H,4-66H2,1-3H3. The summed E-state index contributed by atoms with van der Waals surface area (Å²) >= 11 is 0. The average molecular weight is 1070 g/mol. The highest BCUT2D eigenvalue weighted by atomic mass is 16.6. The summed E-state index contributed by atoms with van der Waals surface area (Å²) in [6.07, 6.45) is 77.3. The minimum Gasteiger partial charge on any atom is -0.462 e. The Balaban J connectivity index is 3.97. The zero-order valence-corrected chi connectivity index (χ0v) is 52.1. The fraction of sp³-hybridized carbons (Fsp3) is 0.957. The zero-order chi connectivity index (χ0) is 55.0. The van der Waals surface area contributed by atoms with Crippen molar-refractivity contribution >= 4 is 17.9 Å². The number of hydrogen-bond acceptors (Lipinski definition) is 6. The molecule has 452 valence electrons. The summed E-state index contributed by atoms with van der Waals surface area (Å²) in [5.41, 5.74) is 0. The van der Waals surface area contributed by atoms with Crippen molar-refractivity contribution in [3.63, 3.8) is 0 Å². The Kier molecular flexibility index (Phi) is 64.5. The number of rotatable bonds is 66. The molecule has 6 heteroatoms. The van der Waals surface area contributed by atoms with Crippen LogP contribution in [0.4, 0.5) is 0 Å². The van der Waals surface area contributed by atoms with E-state index in [4.69, 9.17) is 14.2 Å². The third-order valence-electron chi connectivity index (χ3n) is 16.4. The molecule has 0 saturated heterocycles. The lowest BCUT2D eigenvalue weighted by molar-refractivity contribution is -0.167. The second kappa shape index (κ2) is 65.9. The highest BCUT2D eigenvalue weighted by Gasteiger charge is 2.19. The molecule has 0 N–H and O–H groups in total. The SMILES string of the molecule is CCCCCCCCCCCCCCCCCCCCCCCCCCCCCCCCCCCC(=O)OCC(COC(=O)CCCCCCCCCCCC)OC(=O)CCCCCCCCCCCCCCCCC. The molecule has 0 saturated carbocycles. The van der Waals surface area contributed by atoms with Crippen molar-refractivity contribution in [3.05, 3.63) is 0 Å². The van der Waals surface area contributed by atoms with Crippen LogP contribution in [0.15, 0.2) is 0 Å². The monoisotopic (exact) mass is 1070 g/mol. The number of carbonyl (C=O) groups excluding carboxylic acids is 3. The average Bonchev–Trinajstić information content (AvgIpc) is 3.42. The van der Waals surface area contributed by atoms with Crippen LogP contribution in [0.3, 0.4) is 0 Å². The van der Waals surface area contributed by atoms with Gasteiger partial charge in [0.25, 0.3) is 0 Å². The number of ether oxygens (including phenoxy) is 3. The first kappa shape index (κ1) is 74.4. The molecule has 0 radical (unpaired) electrons. The number of unbranched alkanes of at least 4 members (excludes halogenated alkanes) is 55. The zero-order valence-electron chi connectivity index (χ0n) is 52.1. The predicted octanol–water partition coefficient (Wildman–Crippen LogP) is 23.8. The first-order valence-corrected chi connectivity index (χ1v) is 35.0. The number of hydrogen-bond donors (Lipinski definition) is 0. The molecule has 0 aliphatic heterocycles. The minimum absolute atomic E-state index is 0.0609. The van der Waals surface area contributed by atoms with Crippen LogP contribution in [0.5, 0.6) is 0 Å². The van der Waals surface area contributed by atoms with E-state index < -0.39 is 6.10 Å². The van der Waals surface area contributed by atoms with Crippen molar-refractivity contribution in [2.75, 3.05) is 13.2 Å². The lowest BCUT2D eigenvalue weighted by Crippen LogP contribution is -2.30. The predicted molar refractivity (Wildman–Crippen MR) is 330 cm³/mol. The lowest BCUT2D eigenvalue weighted by atomic mass is 10.0. The molecule has 0 bridgehead atoms. The molecule has 0 aromatic carbocycles. The van der Waals surface area contributed by atoms with Gasteiger partial charge in [-0.1, -0.05) is 374 Å². The summed E-state index contributed by atoms with van der Waals surface area (Å²) in [5, 5.41) is 0. The summed E-state index contributed by atoms with van der Waals surface area (Å²) in [4.78, 5) is 38.2. The third-order valence-corrected chi connectivity index (χ3v) is 16.4. The quantitative estimate of drug-likeness (QED) is 0.0343. The van der Waals surface area contributed by atoms with E-state index >= 15 is 0 Å². The summed E-state index contributed by atoms with van der Waals surface area (Å²) in [6, 6.07) is 0. The second-order valence-corrected chi connectivity index (χ2v) is 24.2. The van der Waals surface area contributed by atoms with Gasteiger partial charge in [0.2, 0.25) is 0 Å². The maximum Gasteiger partial charge on any atom is 0.306 e. The highest BCUT2D eigenvalue weighted by Crippen LogP contribution is 2.19. The highest BCUT2D eigenvalue weighted by molar-refractivity contribution is 5.71. The van der Waals surface area contributed by atoms with E-state index in [0.717, 1.165) is 57.8 Å². The Bertz CT molecular complexity index is 1140. The van der Waals surface area contributed by atoms with Crippen molar-refractivity contribution in [2.24, 2.45) is 0 Å². The van der Waals surface area contributed by atoms with Crippen LogP contribution in [0.1, 0.15) is 412 Å². The summed E-state index contributed by atoms with van der Waals surface area (Å²) < 4.78 is 16.9. The van der Waals surface area contributed by atoms with Crippen molar-refractivity contribution in [1.82, 2.24) is 0 Å². The number of esters is 3. The van der Waals surface area contributed by atoms with Gasteiger partial charge in [-0.15, -0.1) is 0 Å². The Morgan fingerprint density at radius 3 is 0.526 bits per heavy atom. The van der Waals surface area contributed by atoms with E-state index in [1.807, 2.05) is 0 Å². The molecule has 0 heterocycles. The molecule has 0 aliphatic rings. The van der Waals surface area contributed by atoms with Crippen molar-refractivity contribution < 1.29 is 28.6 Å². The normalized spacial score (nSPS) is 11.9. The van der Waals surface area contributed by atoms with Gasteiger partial charge in [-0.2, -0.15) is 0 Å². The fourth-order valence-corrected chi connectivity index (χ4v) is 11.1. The van der Waals surface area contributed by atoms with E-state index in [9.17, 15) is 14.4 Å². The molecule has 0 amide bonds. The van der Waals surface area contributed by atoms with Crippen LogP contribution in [-0.4, -0.2) is 37.2 Å². The first-order chi connectivity index (χ1) is 37.5. The van der Waals surface area contributed by atoms with Crippen LogP contribution in [-0.2, 0) is 28.6 Å². The molecule has 1 atom stereocenters. The van der Waals surface area contributed by atoms with Crippen LogP contribution in [0.2, 0.25) is 0 Å². The summed E-state index contributed by atoms with van der Waals surface area (Å²) in [5.74, 6) is -0.829. The molecular formula is C70H136O6. The van der Waals surface area contributed by atoms with Gasteiger partial charge in [-0.25, -0.2) is 0 Å².